The lowest BCUT2D eigenvalue weighted by molar-refractivity contribution is 0.0831. The fraction of sp³-hybridized carbons (Fsp3) is 0.176. The molecule has 0 N–H and O–H groups in total. The molecule has 3 aromatic heterocycles. The molecule has 0 fully saturated rings. The van der Waals surface area contributed by atoms with Crippen molar-refractivity contribution in [3.8, 4) is 11.4 Å². The third-order valence-corrected chi connectivity index (χ3v) is 5.86. The molecule has 0 unspecified atom stereocenters. The maximum absolute atomic E-state index is 12.4. The van der Waals surface area contributed by atoms with Crippen LogP contribution in [0.1, 0.15) is 15.2 Å². The van der Waals surface area contributed by atoms with E-state index in [-0.39, 0.29) is 5.91 Å². The van der Waals surface area contributed by atoms with Gasteiger partial charge in [0, 0.05) is 24.1 Å². The van der Waals surface area contributed by atoms with E-state index in [1.165, 1.54) is 11.3 Å². The molecule has 8 heteroatoms. The molecule has 0 aliphatic heterocycles. The van der Waals surface area contributed by atoms with Crippen molar-refractivity contribution in [3.05, 3.63) is 45.5 Å². The molecule has 0 saturated carbocycles. The fourth-order valence-electron chi connectivity index (χ4n) is 2.70. The maximum Gasteiger partial charge on any atom is 0.263 e. The number of fused-ring (bicyclic) bond motifs is 3. The van der Waals surface area contributed by atoms with Gasteiger partial charge in [-0.15, -0.1) is 16.4 Å². The molecular formula is C17H14BrN5OS. The molecule has 0 spiro atoms. The number of amides is 1. The molecule has 0 atom stereocenters. The third kappa shape index (κ3) is 2.52. The van der Waals surface area contributed by atoms with Gasteiger partial charge in [0.15, 0.2) is 11.5 Å². The molecule has 4 aromatic rings. The zero-order valence-corrected chi connectivity index (χ0v) is 16.2. The Balaban J connectivity index is 1.98. The van der Waals surface area contributed by atoms with E-state index in [1.54, 1.807) is 29.8 Å². The maximum atomic E-state index is 12.4. The number of carbonyl (C=O) groups is 1. The predicted octanol–water partition coefficient (Wildman–Crippen LogP) is 3.78. The Kier molecular flexibility index (Phi) is 3.81. The van der Waals surface area contributed by atoms with Gasteiger partial charge in [-0.25, -0.2) is 14.5 Å². The summed E-state index contributed by atoms with van der Waals surface area (Å²) in [4.78, 5) is 24.6. The molecule has 0 saturated heterocycles. The van der Waals surface area contributed by atoms with Gasteiger partial charge in [0.1, 0.15) is 11.2 Å². The lowest BCUT2D eigenvalue weighted by atomic mass is 10.2. The van der Waals surface area contributed by atoms with Crippen LogP contribution in [-0.2, 0) is 0 Å². The van der Waals surface area contributed by atoms with Gasteiger partial charge in [-0.05, 0) is 24.6 Å². The predicted molar refractivity (Wildman–Crippen MR) is 102 cm³/mol. The minimum atomic E-state index is -0.0239. The summed E-state index contributed by atoms with van der Waals surface area (Å²) in [6, 6.07) is 7.82. The van der Waals surface area contributed by atoms with Crippen LogP contribution in [0.2, 0.25) is 0 Å². The highest BCUT2D eigenvalue weighted by Crippen LogP contribution is 2.33. The second-order valence-electron chi connectivity index (χ2n) is 5.86. The quantitative estimate of drug-likeness (QED) is 0.499. The van der Waals surface area contributed by atoms with Gasteiger partial charge >= 0.3 is 0 Å². The van der Waals surface area contributed by atoms with Crippen LogP contribution in [0.5, 0.6) is 0 Å². The molecule has 4 rings (SSSR count). The summed E-state index contributed by atoms with van der Waals surface area (Å²) in [5.74, 6) is 0.594. The monoisotopic (exact) mass is 415 g/mol. The first-order chi connectivity index (χ1) is 12.0. The van der Waals surface area contributed by atoms with Gasteiger partial charge in [-0.1, -0.05) is 28.1 Å². The number of aryl methyl sites for hydroxylation is 1. The van der Waals surface area contributed by atoms with Crippen molar-refractivity contribution in [3.63, 3.8) is 0 Å². The normalized spacial score (nSPS) is 11.4. The Labute approximate surface area is 156 Å². The van der Waals surface area contributed by atoms with Gasteiger partial charge in [0.2, 0.25) is 0 Å². The smallest absolute Gasteiger partial charge is 0.263 e. The van der Waals surface area contributed by atoms with Crippen molar-refractivity contribution in [1.29, 1.82) is 0 Å². The first-order valence-electron chi connectivity index (χ1n) is 7.58. The fourth-order valence-corrected chi connectivity index (χ4v) is 4.32. The summed E-state index contributed by atoms with van der Waals surface area (Å²) < 4.78 is 2.60. The average molecular weight is 416 g/mol. The van der Waals surface area contributed by atoms with Crippen LogP contribution in [0.3, 0.4) is 0 Å². The number of thiophene rings is 1. The number of benzene rings is 1. The summed E-state index contributed by atoms with van der Waals surface area (Å²) >= 11 is 4.93. The summed E-state index contributed by atoms with van der Waals surface area (Å²) in [5, 5.41) is 5.42. The zero-order chi connectivity index (χ0) is 17.7. The minimum Gasteiger partial charge on any atom is -0.344 e. The van der Waals surface area contributed by atoms with Gasteiger partial charge in [-0.2, -0.15) is 0 Å². The Bertz CT molecular complexity index is 1130. The first-order valence-corrected chi connectivity index (χ1v) is 9.19. The summed E-state index contributed by atoms with van der Waals surface area (Å²) in [7, 11) is 3.49. The number of rotatable bonds is 2. The summed E-state index contributed by atoms with van der Waals surface area (Å²) in [6.07, 6.45) is 1.64. The van der Waals surface area contributed by atoms with Crippen LogP contribution in [0.4, 0.5) is 0 Å². The van der Waals surface area contributed by atoms with Crippen LogP contribution in [0.25, 0.3) is 27.3 Å². The van der Waals surface area contributed by atoms with Crippen LogP contribution in [0, 0.1) is 6.92 Å². The largest absolute Gasteiger partial charge is 0.344 e. The van der Waals surface area contributed by atoms with Gasteiger partial charge < -0.3 is 4.90 Å². The number of hydrogen-bond donors (Lipinski definition) is 0. The minimum absolute atomic E-state index is 0.0239. The van der Waals surface area contributed by atoms with E-state index in [9.17, 15) is 4.79 Å². The SMILES string of the molecule is Cc1c(C(=O)N(C)C)sc2ncn3nc(-c4ccccc4Br)nc3c12. The number of aromatic nitrogens is 4. The molecule has 25 heavy (non-hydrogen) atoms. The van der Waals surface area contributed by atoms with Gasteiger partial charge in [0.25, 0.3) is 5.91 Å². The van der Waals surface area contributed by atoms with E-state index in [0.717, 1.165) is 25.8 Å². The van der Waals surface area contributed by atoms with Crippen LogP contribution < -0.4 is 0 Å². The highest BCUT2D eigenvalue weighted by atomic mass is 79.9. The number of hydrogen-bond acceptors (Lipinski definition) is 5. The average Bonchev–Trinajstić information content (AvgIpc) is 3.15. The molecule has 1 amide bonds. The first kappa shape index (κ1) is 16.2. The van der Waals surface area contributed by atoms with Gasteiger partial charge in [-0.3, -0.25) is 4.79 Å². The Morgan fingerprint density at radius 2 is 2.04 bits per heavy atom. The van der Waals surface area contributed by atoms with Gasteiger partial charge in [0.05, 0.1) is 10.3 Å². The Morgan fingerprint density at radius 3 is 2.76 bits per heavy atom. The van der Waals surface area contributed by atoms with Crippen LogP contribution in [-0.4, -0.2) is 44.5 Å². The highest BCUT2D eigenvalue weighted by Gasteiger charge is 2.21. The Hall–Kier alpha value is -2.32. The van der Waals surface area contributed by atoms with Crippen molar-refractivity contribution in [2.45, 2.75) is 6.92 Å². The molecule has 126 valence electrons. The van der Waals surface area contributed by atoms with E-state index in [1.807, 2.05) is 31.2 Å². The number of halogens is 1. The van der Waals surface area contributed by atoms with Crippen molar-refractivity contribution in [1.82, 2.24) is 24.5 Å². The van der Waals surface area contributed by atoms with Crippen molar-refractivity contribution < 1.29 is 4.79 Å². The van der Waals surface area contributed by atoms with Crippen molar-refractivity contribution >= 4 is 49.0 Å². The summed E-state index contributed by atoms with van der Waals surface area (Å²) in [6.45, 7) is 1.93. The highest BCUT2D eigenvalue weighted by molar-refractivity contribution is 9.10. The lowest BCUT2D eigenvalue weighted by Crippen LogP contribution is -2.21. The number of carbonyl (C=O) groups excluding carboxylic acids is 1. The third-order valence-electron chi connectivity index (χ3n) is 3.98. The molecule has 1 aromatic carbocycles. The second kappa shape index (κ2) is 5.89. The van der Waals surface area contributed by atoms with E-state index in [0.29, 0.717) is 16.3 Å². The van der Waals surface area contributed by atoms with Crippen LogP contribution in [0.15, 0.2) is 35.1 Å². The van der Waals surface area contributed by atoms with Crippen LogP contribution >= 0.6 is 27.3 Å². The molecule has 6 nitrogen and oxygen atoms in total. The lowest BCUT2D eigenvalue weighted by Gasteiger charge is -2.08. The Morgan fingerprint density at radius 1 is 1.28 bits per heavy atom. The molecule has 0 radical (unpaired) electrons. The van der Waals surface area contributed by atoms with E-state index >= 15 is 0 Å². The standard InChI is InChI=1S/C17H14BrN5OS/c1-9-12-15-20-14(10-6-4-5-7-11(10)18)21-23(15)8-19-16(12)25-13(9)17(24)22(2)3/h4-8H,1-3H3. The topological polar surface area (TPSA) is 63.4 Å². The summed E-state index contributed by atoms with van der Waals surface area (Å²) in [5.41, 5.74) is 2.52. The number of nitrogens with zero attached hydrogens (tertiary/aromatic N) is 5. The van der Waals surface area contributed by atoms with E-state index in [4.69, 9.17) is 4.98 Å². The molecule has 0 aliphatic carbocycles. The van der Waals surface area contributed by atoms with Crippen molar-refractivity contribution in [2.24, 2.45) is 0 Å². The van der Waals surface area contributed by atoms with E-state index in [2.05, 4.69) is 26.0 Å². The molecule has 3 heterocycles. The molecular weight excluding hydrogens is 402 g/mol. The molecule has 0 bridgehead atoms. The zero-order valence-electron chi connectivity index (χ0n) is 13.8. The second-order valence-corrected chi connectivity index (χ2v) is 7.72. The van der Waals surface area contributed by atoms with E-state index < -0.39 is 0 Å². The molecule has 0 aliphatic rings. The van der Waals surface area contributed by atoms with Crippen molar-refractivity contribution in [2.75, 3.05) is 14.1 Å².